The summed E-state index contributed by atoms with van der Waals surface area (Å²) in [7, 11) is 0. The fraction of sp³-hybridized carbons (Fsp3) is 0.312. The monoisotopic (exact) mass is 253 g/mol. The Balaban J connectivity index is 1.50. The molecule has 1 heterocycles. The van der Waals surface area contributed by atoms with Crippen molar-refractivity contribution >= 4 is 5.69 Å². The van der Waals surface area contributed by atoms with E-state index in [-0.39, 0.29) is 5.54 Å². The van der Waals surface area contributed by atoms with Gasteiger partial charge in [0.25, 0.3) is 0 Å². The third-order valence-electron chi connectivity index (χ3n) is 3.66. The number of benzene rings is 1. The molecule has 3 rings (SSSR count). The highest BCUT2D eigenvalue weighted by molar-refractivity contribution is 5.40. The lowest BCUT2D eigenvalue weighted by molar-refractivity contribution is 0.517. The number of nitrogens with one attached hydrogen (secondary N) is 2. The van der Waals surface area contributed by atoms with Crippen LogP contribution in [0, 0.1) is 0 Å². The van der Waals surface area contributed by atoms with Gasteiger partial charge in [0, 0.05) is 31.0 Å². The molecule has 0 spiro atoms. The Morgan fingerprint density at radius 2 is 1.89 bits per heavy atom. The van der Waals surface area contributed by atoms with E-state index in [9.17, 15) is 0 Å². The number of pyridine rings is 1. The first-order chi connectivity index (χ1) is 9.36. The van der Waals surface area contributed by atoms with Crippen molar-refractivity contribution < 1.29 is 0 Å². The van der Waals surface area contributed by atoms with E-state index in [1.165, 1.54) is 18.4 Å². The van der Waals surface area contributed by atoms with Gasteiger partial charge in [-0.2, -0.15) is 0 Å². The number of hydrogen-bond acceptors (Lipinski definition) is 3. The normalized spacial score (nSPS) is 16.0. The Hall–Kier alpha value is -1.87. The number of nitrogens with zero attached hydrogens (tertiary/aromatic N) is 1. The largest absolute Gasteiger partial charge is 0.382 e. The second kappa shape index (κ2) is 5.41. The number of rotatable bonds is 6. The summed E-state index contributed by atoms with van der Waals surface area (Å²) in [5.41, 5.74) is 2.71. The minimum Gasteiger partial charge on any atom is -0.382 e. The van der Waals surface area contributed by atoms with Crippen molar-refractivity contribution in [3.8, 4) is 0 Å². The lowest BCUT2D eigenvalue weighted by atomic mass is 10.2. The standard InChI is InChI=1S/C16H19N3/c1-2-5-14(6-3-1)11-19-16(8-9-16)13-18-15-7-4-10-17-12-15/h1-7,10,12,18-19H,8-9,11,13H2. The van der Waals surface area contributed by atoms with Gasteiger partial charge in [-0.3, -0.25) is 4.98 Å². The van der Waals surface area contributed by atoms with Crippen molar-refractivity contribution in [2.75, 3.05) is 11.9 Å². The first-order valence-electron chi connectivity index (χ1n) is 6.79. The third kappa shape index (κ3) is 3.32. The van der Waals surface area contributed by atoms with Crippen LogP contribution in [0.25, 0.3) is 0 Å². The Bertz CT molecular complexity index is 461. The average Bonchev–Trinajstić information content (AvgIpc) is 3.26. The van der Waals surface area contributed by atoms with Crippen molar-refractivity contribution in [3.05, 3.63) is 60.4 Å². The second-order valence-corrected chi connectivity index (χ2v) is 5.21. The molecule has 1 aromatic carbocycles. The lowest BCUT2D eigenvalue weighted by Gasteiger charge is -2.18. The minimum atomic E-state index is 0.270. The molecule has 0 unspecified atom stereocenters. The highest BCUT2D eigenvalue weighted by Gasteiger charge is 2.41. The summed E-state index contributed by atoms with van der Waals surface area (Å²) < 4.78 is 0. The highest BCUT2D eigenvalue weighted by atomic mass is 15.1. The van der Waals surface area contributed by atoms with Gasteiger partial charge >= 0.3 is 0 Å². The highest BCUT2D eigenvalue weighted by Crippen LogP contribution is 2.35. The summed E-state index contributed by atoms with van der Waals surface area (Å²) in [4.78, 5) is 4.12. The Labute approximate surface area is 114 Å². The summed E-state index contributed by atoms with van der Waals surface area (Å²) in [5.74, 6) is 0. The van der Waals surface area contributed by atoms with Crippen molar-refractivity contribution in [1.82, 2.24) is 10.3 Å². The van der Waals surface area contributed by atoms with Crippen molar-refractivity contribution in [2.24, 2.45) is 0 Å². The Kier molecular flexibility index (Phi) is 3.47. The molecule has 1 aliphatic carbocycles. The van der Waals surface area contributed by atoms with Gasteiger partial charge in [-0.25, -0.2) is 0 Å². The van der Waals surface area contributed by atoms with Crippen LogP contribution >= 0.6 is 0 Å². The maximum Gasteiger partial charge on any atom is 0.0527 e. The van der Waals surface area contributed by atoms with Gasteiger partial charge in [0.2, 0.25) is 0 Å². The van der Waals surface area contributed by atoms with Gasteiger partial charge in [0.15, 0.2) is 0 Å². The van der Waals surface area contributed by atoms with E-state index in [4.69, 9.17) is 0 Å². The van der Waals surface area contributed by atoms with Gasteiger partial charge in [-0.15, -0.1) is 0 Å². The quantitative estimate of drug-likeness (QED) is 0.831. The average molecular weight is 253 g/mol. The van der Waals surface area contributed by atoms with Crippen LogP contribution in [0.1, 0.15) is 18.4 Å². The lowest BCUT2D eigenvalue weighted by Crippen LogP contribution is -2.37. The van der Waals surface area contributed by atoms with Crippen molar-refractivity contribution in [2.45, 2.75) is 24.9 Å². The molecular formula is C16H19N3. The van der Waals surface area contributed by atoms with Crippen molar-refractivity contribution in [3.63, 3.8) is 0 Å². The smallest absolute Gasteiger partial charge is 0.0527 e. The van der Waals surface area contributed by atoms with E-state index in [0.29, 0.717) is 0 Å². The number of hydrogen-bond donors (Lipinski definition) is 2. The molecule has 1 aromatic heterocycles. The van der Waals surface area contributed by atoms with Crippen LogP contribution in [0.2, 0.25) is 0 Å². The molecule has 2 N–H and O–H groups in total. The van der Waals surface area contributed by atoms with E-state index >= 15 is 0 Å². The van der Waals surface area contributed by atoms with Gasteiger partial charge in [-0.1, -0.05) is 30.3 Å². The van der Waals surface area contributed by atoms with E-state index < -0.39 is 0 Å². The Morgan fingerprint density at radius 1 is 1.05 bits per heavy atom. The van der Waals surface area contributed by atoms with Gasteiger partial charge in [0.05, 0.1) is 5.69 Å². The molecule has 0 radical (unpaired) electrons. The van der Waals surface area contributed by atoms with Crippen LogP contribution in [0.3, 0.4) is 0 Å². The van der Waals surface area contributed by atoms with Gasteiger partial charge in [-0.05, 0) is 30.5 Å². The maximum absolute atomic E-state index is 4.12. The van der Waals surface area contributed by atoms with Crippen molar-refractivity contribution in [1.29, 1.82) is 0 Å². The molecule has 0 bridgehead atoms. The molecule has 98 valence electrons. The molecule has 3 nitrogen and oxygen atoms in total. The zero-order valence-corrected chi connectivity index (χ0v) is 11.0. The zero-order chi connectivity index (χ0) is 13.0. The fourth-order valence-corrected chi connectivity index (χ4v) is 2.19. The summed E-state index contributed by atoms with van der Waals surface area (Å²) in [6.45, 7) is 1.90. The van der Waals surface area contributed by atoms with Crippen LogP contribution in [-0.2, 0) is 6.54 Å². The summed E-state index contributed by atoms with van der Waals surface area (Å²) in [6, 6.07) is 14.6. The van der Waals surface area contributed by atoms with Gasteiger partial charge < -0.3 is 10.6 Å². The molecule has 0 atom stereocenters. The van der Waals surface area contributed by atoms with E-state index in [1.807, 2.05) is 12.3 Å². The van der Waals surface area contributed by atoms with Crippen LogP contribution in [0.5, 0.6) is 0 Å². The summed E-state index contributed by atoms with van der Waals surface area (Å²) >= 11 is 0. The molecule has 19 heavy (non-hydrogen) atoms. The summed E-state index contributed by atoms with van der Waals surface area (Å²) in [6.07, 6.45) is 6.15. The molecular weight excluding hydrogens is 234 g/mol. The number of aromatic nitrogens is 1. The zero-order valence-electron chi connectivity index (χ0n) is 11.0. The van der Waals surface area contributed by atoms with Crippen LogP contribution < -0.4 is 10.6 Å². The second-order valence-electron chi connectivity index (χ2n) is 5.21. The van der Waals surface area contributed by atoms with Crippen LogP contribution in [0.4, 0.5) is 5.69 Å². The number of anilines is 1. The van der Waals surface area contributed by atoms with E-state index in [2.05, 4.69) is 52.0 Å². The molecule has 1 aliphatic rings. The molecule has 1 fully saturated rings. The molecule has 3 heteroatoms. The SMILES string of the molecule is c1ccc(CNC2(CNc3cccnc3)CC2)cc1. The van der Waals surface area contributed by atoms with E-state index in [0.717, 1.165) is 18.8 Å². The minimum absolute atomic E-state index is 0.270. The molecule has 2 aromatic rings. The third-order valence-corrected chi connectivity index (χ3v) is 3.66. The molecule has 0 saturated heterocycles. The maximum atomic E-state index is 4.12. The Morgan fingerprint density at radius 3 is 2.58 bits per heavy atom. The molecule has 0 aliphatic heterocycles. The van der Waals surface area contributed by atoms with Gasteiger partial charge in [0.1, 0.15) is 0 Å². The topological polar surface area (TPSA) is 37.0 Å². The predicted octanol–water partition coefficient (Wildman–Crippen LogP) is 2.82. The van der Waals surface area contributed by atoms with Crippen LogP contribution in [0.15, 0.2) is 54.9 Å². The summed E-state index contributed by atoms with van der Waals surface area (Å²) in [5, 5.41) is 7.13. The fourth-order valence-electron chi connectivity index (χ4n) is 2.19. The van der Waals surface area contributed by atoms with Crippen LogP contribution in [-0.4, -0.2) is 17.1 Å². The molecule has 1 saturated carbocycles. The van der Waals surface area contributed by atoms with E-state index in [1.54, 1.807) is 6.20 Å². The molecule has 0 amide bonds. The predicted molar refractivity (Wildman–Crippen MR) is 78.0 cm³/mol. The first kappa shape index (κ1) is 12.2. The first-order valence-corrected chi connectivity index (χ1v) is 6.79.